The summed E-state index contributed by atoms with van der Waals surface area (Å²) in [5, 5.41) is 3.65. The van der Waals surface area contributed by atoms with E-state index in [4.69, 9.17) is 0 Å². The van der Waals surface area contributed by atoms with Crippen LogP contribution in [-0.2, 0) is 6.42 Å². The van der Waals surface area contributed by atoms with E-state index in [0.717, 1.165) is 11.0 Å². The predicted octanol–water partition coefficient (Wildman–Crippen LogP) is 4.44. The number of rotatable bonds is 4. The van der Waals surface area contributed by atoms with Crippen molar-refractivity contribution in [2.45, 2.75) is 25.3 Å². The molecule has 0 radical (unpaired) electrons. The zero-order valence-corrected chi connectivity index (χ0v) is 12.7. The van der Waals surface area contributed by atoms with Gasteiger partial charge in [0.15, 0.2) is 0 Å². The molecule has 2 unspecified atom stereocenters. The maximum Gasteiger partial charge on any atom is 0.0292 e. The van der Waals surface area contributed by atoms with Gasteiger partial charge in [0.05, 0.1) is 0 Å². The smallest absolute Gasteiger partial charge is 0.0292 e. The predicted molar refractivity (Wildman–Crippen MR) is 83.4 cm³/mol. The SMILES string of the molecule is CC(NCC1Cc2ccccc21)c1cccc(Br)c1. The Morgan fingerprint density at radius 3 is 2.84 bits per heavy atom. The molecule has 0 amide bonds. The second kappa shape index (κ2) is 5.48. The average molecular weight is 316 g/mol. The molecule has 0 spiro atoms. The van der Waals surface area contributed by atoms with Gasteiger partial charge in [-0.2, -0.15) is 0 Å². The standard InChI is InChI=1S/C17H18BrN/c1-12(13-6-4-7-16(18)10-13)19-11-15-9-14-5-2-3-8-17(14)15/h2-8,10,12,15,19H,9,11H2,1H3. The fourth-order valence-corrected chi connectivity index (χ4v) is 3.17. The molecular formula is C17H18BrN. The molecule has 19 heavy (non-hydrogen) atoms. The fourth-order valence-electron chi connectivity index (χ4n) is 2.76. The Labute approximate surface area is 123 Å². The molecule has 0 heterocycles. The van der Waals surface area contributed by atoms with Crippen molar-refractivity contribution in [3.63, 3.8) is 0 Å². The molecular weight excluding hydrogens is 298 g/mol. The normalized spacial score (nSPS) is 18.5. The Kier molecular flexibility index (Phi) is 3.72. The maximum absolute atomic E-state index is 3.65. The van der Waals surface area contributed by atoms with Crippen LogP contribution in [0.5, 0.6) is 0 Å². The molecule has 98 valence electrons. The van der Waals surface area contributed by atoms with E-state index >= 15 is 0 Å². The molecule has 0 fully saturated rings. The maximum atomic E-state index is 3.65. The highest BCUT2D eigenvalue weighted by atomic mass is 79.9. The third-order valence-electron chi connectivity index (χ3n) is 3.98. The first kappa shape index (κ1) is 12.9. The Bertz CT molecular complexity index is 579. The molecule has 0 aromatic heterocycles. The van der Waals surface area contributed by atoms with Crippen molar-refractivity contribution in [3.8, 4) is 0 Å². The Hall–Kier alpha value is -1.12. The highest BCUT2D eigenvalue weighted by Gasteiger charge is 2.25. The zero-order chi connectivity index (χ0) is 13.2. The van der Waals surface area contributed by atoms with Crippen LogP contribution in [0.2, 0.25) is 0 Å². The van der Waals surface area contributed by atoms with Crippen LogP contribution < -0.4 is 5.32 Å². The molecule has 0 bridgehead atoms. The first-order valence-corrected chi connectivity index (χ1v) is 7.60. The summed E-state index contributed by atoms with van der Waals surface area (Å²) in [5.41, 5.74) is 4.38. The molecule has 0 saturated heterocycles. The van der Waals surface area contributed by atoms with E-state index in [1.807, 2.05) is 0 Å². The largest absolute Gasteiger partial charge is 0.310 e. The van der Waals surface area contributed by atoms with Gasteiger partial charge >= 0.3 is 0 Å². The van der Waals surface area contributed by atoms with Crippen molar-refractivity contribution in [2.24, 2.45) is 0 Å². The molecule has 2 aromatic rings. The van der Waals surface area contributed by atoms with Gasteiger partial charge in [-0.3, -0.25) is 0 Å². The summed E-state index contributed by atoms with van der Waals surface area (Å²) in [6.45, 7) is 3.29. The van der Waals surface area contributed by atoms with Crippen molar-refractivity contribution >= 4 is 15.9 Å². The van der Waals surface area contributed by atoms with Gasteiger partial charge in [-0.05, 0) is 42.2 Å². The lowest BCUT2D eigenvalue weighted by Gasteiger charge is -2.31. The molecule has 2 atom stereocenters. The molecule has 1 aliphatic rings. The zero-order valence-electron chi connectivity index (χ0n) is 11.1. The fraction of sp³-hybridized carbons (Fsp3) is 0.294. The summed E-state index contributed by atoms with van der Waals surface area (Å²) in [5.74, 6) is 0.686. The number of hydrogen-bond acceptors (Lipinski definition) is 1. The Morgan fingerprint density at radius 1 is 1.21 bits per heavy atom. The van der Waals surface area contributed by atoms with Crippen LogP contribution in [0.25, 0.3) is 0 Å². The first-order chi connectivity index (χ1) is 9.24. The van der Waals surface area contributed by atoms with Gasteiger partial charge in [-0.1, -0.05) is 52.3 Å². The molecule has 1 aliphatic carbocycles. The molecule has 2 heteroatoms. The molecule has 1 nitrogen and oxygen atoms in total. The van der Waals surface area contributed by atoms with Crippen LogP contribution in [0.4, 0.5) is 0 Å². The van der Waals surface area contributed by atoms with E-state index < -0.39 is 0 Å². The Balaban J connectivity index is 1.59. The third kappa shape index (κ3) is 2.75. The van der Waals surface area contributed by atoms with E-state index in [0.29, 0.717) is 12.0 Å². The van der Waals surface area contributed by atoms with Crippen molar-refractivity contribution in [1.82, 2.24) is 5.32 Å². The molecule has 0 saturated carbocycles. The van der Waals surface area contributed by atoms with Crippen LogP contribution in [0, 0.1) is 0 Å². The minimum Gasteiger partial charge on any atom is -0.310 e. The van der Waals surface area contributed by atoms with Crippen LogP contribution in [0.15, 0.2) is 53.0 Å². The quantitative estimate of drug-likeness (QED) is 0.879. The van der Waals surface area contributed by atoms with Crippen LogP contribution >= 0.6 is 15.9 Å². The monoisotopic (exact) mass is 315 g/mol. The second-order valence-electron chi connectivity index (χ2n) is 5.28. The van der Waals surface area contributed by atoms with Crippen LogP contribution in [-0.4, -0.2) is 6.54 Å². The third-order valence-corrected chi connectivity index (χ3v) is 4.47. The lowest BCUT2D eigenvalue weighted by Crippen LogP contribution is -2.30. The van der Waals surface area contributed by atoms with Crippen molar-refractivity contribution < 1.29 is 0 Å². The summed E-state index contributed by atoms with van der Waals surface area (Å²) in [6, 6.07) is 17.7. The molecule has 3 rings (SSSR count). The highest BCUT2D eigenvalue weighted by molar-refractivity contribution is 9.10. The minimum atomic E-state index is 0.394. The van der Waals surface area contributed by atoms with Gasteiger partial charge in [0.2, 0.25) is 0 Å². The van der Waals surface area contributed by atoms with E-state index in [1.165, 1.54) is 23.1 Å². The number of hydrogen-bond donors (Lipinski definition) is 1. The lowest BCUT2D eigenvalue weighted by molar-refractivity contribution is 0.489. The molecule has 0 aliphatic heterocycles. The van der Waals surface area contributed by atoms with Gasteiger partial charge in [0, 0.05) is 23.0 Å². The van der Waals surface area contributed by atoms with Gasteiger partial charge in [-0.25, -0.2) is 0 Å². The number of benzene rings is 2. The van der Waals surface area contributed by atoms with Gasteiger partial charge in [0.1, 0.15) is 0 Å². The van der Waals surface area contributed by atoms with Crippen molar-refractivity contribution in [1.29, 1.82) is 0 Å². The summed E-state index contributed by atoms with van der Waals surface area (Å²) in [6.07, 6.45) is 1.22. The van der Waals surface area contributed by atoms with E-state index in [-0.39, 0.29) is 0 Å². The van der Waals surface area contributed by atoms with Crippen molar-refractivity contribution in [2.75, 3.05) is 6.54 Å². The lowest BCUT2D eigenvalue weighted by atomic mass is 9.77. The molecule has 2 aromatic carbocycles. The summed E-state index contributed by atoms with van der Waals surface area (Å²) < 4.78 is 1.15. The average Bonchev–Trinajstić information content (AvgIpc) is 2.39. The van der Waals surface area contributed by atoms with Gasteiger partial charge in [0.25, 0.3) is 0 Å². The Morgan fingerprint density at radius 2 is 2.05 bits per heavy atom. The summed E-state index contributed by atoms with van der Waals surface area (Å²) in [7, 11) is 0. The topological polar surface area (TPSA) is 12.0 Å². The van der Waals surface area contributed by atoms with E-state index in [9.17, 15) is 0 Å². The summed E-state index contributed by atoms with van der Waals surface area (Å²) in [4.78, 5) is 0. The minimum absolute atomic E-state index is 0.394. The van der Waals surface area contributed by atoms with Gasteiger partial charge in [-0.15, -0.1) is 0 Å². The number of fused-ring (bicyclic) bond motifs is 1. The molecule has 1 N–H and O–H groups in total. The number of halogens is 1. The van der Waals surface area contributed by atoms with E-state index in [2.05, 4.69) is 76.7 Å². The first-order valence-electron chi connectivity index (χ1n) is 6.80. The van der Waals surface area contributed by atoms with E-state index in [1.54, 1.807) is 0 Å². The van der Waals surface area contributed by atoms with Crippen LogP contribution in [0.1, 0.15) is 35.6 Å². The van der Waals surface area contributed by atoms with Crippen LogP contribution in [0.3, 0.4) is 0 Å². The summed E-state index contributed by atoms with van der Waals surface area (Å²) >= 11 is 3.53. The highest BCUT2D eigenvalue weighted by Crippen LogP contribution is 2.34. The second-order valence-corrected chi connectivity index (χ2v) is 6.20. The number of nitrogens with one attached hydrogen (secondary N) is 1. The van der Waals surface area contributed by atoms with Crippen molar-refractivity contribution in [3.05, 3.63) is 69.7 Å². The van der Waals surface area contributed by atoms with Gasteiger partial charge < -0.3 is 5.32 Å².